The summed E-state index contributed by atoms with van der Waals surface area (Å²) >= 11 is 1.43. The van der Waals surface area contributed by atoms with Crippen LogP contribution in [0.1, 0.15) is 11.1 Å². The molecule has 3 aromatic rings. The van der Waals surface area contributed by atoms with E-state index in [4.69, 9.17) is 0 Å². The Bertz CT molecular complexity index is 910. The van der Waals surface area contributed by atoms with Crippen LogP contribution in [0.5, 0.6) is 0 Å². The van der Waals surface area contributed by atoms with Crippen LogP contribution in [-0.4, -0.2) is 25.0 Å². The summed E-state index contributed by atoms with van der Waals surface area (Å²) in [6.07, 6.45) is 5.92. The summed E-state index contributed by atoms with van der Waals surface area (Å²) in [6.45, 7) is 6.46. The monoisotopic (exact) mass is 361 g/mol. The van der Waals surface area contributed by atoms with Crippen LogP contribution in [0.15, 0.2) is 66.6 Å². The Morgan fingerprint density at radius 2 is 1.92 bits per heavy atom. The van der Waals surface area contributed by atoms with Crippen molar-refractivity contribution in [2.24, 2.45) is 0 Å². The van der Waals surface area contributed by atoms with Crippen molar-refractivity contribution in [2.45, 2.75) is 30.3 Å². The van der Waals surface area contributed by atoms with E-state index >= 15 is 0 Å². The fraction of sp³-hybridized carbons (Fsp3) is 0.200. The van der Waals surface area contributed by atoms with Gasteiger partial charge in [0.05, 0.1) is 6.07 Å². The maximum atomic E-state index is 9.59. The zero-order chi connectivity index (χ0) is 18.4. The second-order valence-electron chi connectivity index (χ2n) is 5.87. The van der Waals surface area contributed by atoms with E-state index in [1.807, 2.05) is 16.7 Å². The number of aryl methyl sites for hydroxylation is 1. The molecule has 1 atom stereocenters. The van der Waals surface area contributed by atoms with Gasteiger partial charge in [-0.3, -0.25) is 9.55 Å². The van der Waals surface area contributed by atoms with Gasteiger partial charge in [0.15, 0.2) is 11.0 Å². The molecule has 130 valence electrons. The minimum Gasteiger partial charge on any atom is -0.298 e. The summed E-state index contributed by atoms with van der Waals surface area (Å²) in [4.78, 5) is 4.04. The average Bonchev–Trinajstić information content (AvgIpc) is 3.06. The van der Waals surface area contributed by atoms with Crippen LogP contribution < -0.4 is 0 Å². The number of nitrogens with zero attached hydrogens (tertiary/aromatic N) is 5. The molecule has 2 heterocycles. The fourth-order valence-electron chi connectivity index (χ4n) is 2.56. The first-order valence-electron chi connectivity index (χ1n) is 8.27. The zero-order valence-electron chi connectivity index (χ0n) is 14.5. The standard InChI is InChI=1S/C20H19N5S/c1-3-12-25-19(17-8-10-22-11-9-17)23-24-20(25)26-18(14-21)13-16-6-4-15(2)5-7-16/h3-11,18H,1,12-13H2,2H3/t18-/m0/s1. The van der Waals surface area contributed by atoms with E-state index in [2.05, 4.69) is 59.0 Å². The van der Waals surface area contributed by atoms with E-state index in [9.17, 15) is 5.26 Å². The molecule has 0 saturated heterocycles. The number of aromatic nitrogens is 4. The van der Waals surface area contributed by atoms with Gasteiger partial charge in [0, 0.05) is 24.5 Å². The number of rotatable bonds is 7. The summed E-state index contributed by atoms with van der Waals surface area (Å²) in [7, 11) is 0. The van der Waals surface area contributed by atoms with Crippen molar-refractivity contribution in [1.82, 2.24) is 19.7 Å². The first kappa shape index (κ1) is 17.9. The normalized spacial score (nSPS) is 11.7. The van der Waals surface area contributed by atoms with Crippen LogP contribution in [0.3, 0.4) is 0 Å². The van der Waals surface area contributed by atoms with Crippen molar-refractivity contribution in [3.8, 4) is 17.5 Å². The Kier molecular flexibility index (Phi) is 5.82. The molecule has 0 spiro atoms. The molecular weight excluding hydrogens is 342 g/mol. The molecule has 5 nitrogen and oxygen atoms in total. The van der Waals surface area contributed by atoms with Crippen LogP contribution in [0, 0.1) is 18.3 Å². The van der Waals surface area contributed by atoms with Crippen LogP contribution in [0.2, 0.25) is 0 Å². The minimum atomic E-state index is -0.240. The highest BCUT2D eigenvalue weighted by Gasteiger charge is 2.18. The number of allylic oxidation sites excluding steroid dienone is 1. The molecule has 0 unspecified atom stereocenters. The van der Waals surface area contributed by atoms with Gasteiger partial charge >= 0.3 is 0 Å². The number of nitriles is 1. The Morgan fingerprint density at radius 3 is 2.58 bits per heavy atom. The molecule has 3 rings (SSSR count). The van der Waals surface area contributed by atoms with Crippen molar-refractivity contribution < 1.29 is 0 Å². The molecule has 0 fully saturated rings. The van der Waals surface area contributed by atoms with E-state index in [-0.39, 0.29) is 5.25 Å². The topological polar surface area (TPSA) is 67.4 Å². The SMILES string of the molecule is C=CCn1c(S[C@H](C#N)Cc2ccc(C)cc2)nnc1-c1ccncc1. The molecule has 26 heavy (non-hydrogen) atoms. The predicted octanol–water partition coefficient (Wildman–Crippen LogP) is 4.06. The third-order valence-electron chi connectivity index (χ3n) is 3.90. The summed E-state index contributed by atoms with van der Waals surface area (Å²) in [5.74, 6) is 0.752. The Hall–Kier alpha value is -2.91. The molecule has 0 bridgehead atoms. The average molecular weight is 361 g/mol. The van der Waals surface area contributed by atoms with E-state index in [0.29, 0.717) is 13.0 Å². The molecule has 0 amide bonds. The molecule has 0 aliphatic heterocycles. The first-order valence-corrected chi connectivity index (χ1v) is 9.15. The second-order valence-corrected chi connectivity index (χ2v) is 7.04. The molecule has 0 aliphatic rings. The lowest BCUT2D eigenvalue weighted by Crippen LogP contribution is -2.07. The molecular formula is C20H19N5S. The predicted molar refractivity (Wildman–Crippen MR) is 104 cm³/mol. The van der Waals surface area contributed by atoms with Crippen LogP contribution >= 0.6 is 11.8 Å². The Morgan fingerprint density at radius 1 is 1.19 bits per heavy atom. The lowest BCUT2D eigenvalue weighted by atomic mass is 10.1. The van der Waals surface area contributed by atoms with Crippen molar-refractivity contribution in [2.75, 3.05) is 0 Å². The maximum absolute atomic E-state index is 9.59. The number of hydrogen-bond donors (Lipinski definition) is 0. The van der Waals surface area contributed by atoms with E-state index in [1.165, 1.54) is 17.3 Å². The molecule has 0 N–H and O–H groups in total. The zero-order valence-corrected chi connectivity index (χ0v) is 15.4. The van der Waals surface area contributed by atoms with Crippen LogP contribution in [0.25, 0.3) is 11.4 Å². The van der Waals surface area contributed by atoms with Gasteiger partial charge < -0.3 is 0 Å². The van der Waals surface area contributed by atoms with Crippen molar-refractivity contribution >= 4 is 11.8 Å². The highest BCUT2D eigenvalue weighted by Crippen LogP contribution is 2.28. The number of thioether (sulfide) groups is 1. The number of benzene rings is 1. The number of pyridine rings is 1. The van der Waals surface area contributed by atoms with Crippen LogP contribution in [0.4, 0.5) is 0 Å². The van der Waals surface area contributed by atoms with Crippen LogP contribution in [-0.2, 0) is 13.0 Å². The highest BCUT2D eigenvalue weighted by molar-refractivity contribution is 8.00. The van der Waals surface area contributed by atoms with Gasteiger partial charge in [-0.1, -0.05) is 47.7 Å². The van der Waals surface area contributed by atoms with Gasteiger partial charge in [-0.05, 0) is 31.0 Å². The lowest BCUT2D eigenvalue weighted by molar-refractivity contribution is 0.729. The summed E-state index contributed by atoms with van der Waals surface area (Å²) in [6, 6.07) is 14.4. The van der Waals surface area contributed by atoms with Gasteiger partial charge in [-0.15, -0.1) is 16.8 Å². The largest absolute Gasteiger partial charge is 0.298 e. The van der Waals surface area contributed by atoms with Gasteiger partial charge in [0.1, 0.15) is 5.25 Å². The smallest absolute Gasteiger partial charge is 0.193 e. The van der Waals surface area contributed by atoms with Gasteiger partial charge in [0.2, 0.25) is 0 Å². The van der Waals surface area contributed by atoms with Gasteiger partial charge in [-0.2, -0.15) is 5.26 Å². The molecule has 6 heteroatoms. The molecule has 1 aromatic carbocycles. The lowest BCUT2D eigenvalue weighted by Gasteiger charge is -2.11. The fourth-order valence-corrected chi connectivity index (χ4v) is 3.52. The second kappa shape index (κ2) is 8.45. The van der Waals surface area contributed by atoms with E-state index < -0.39 is 0 Å². The van der Waals surface area contributed by atoms with Crippen molar-refractivity contribution in [3.05, 3.63) is 72.6 Å². The van der Waals surface area contributed by atoms with Crippen molar-refractivity contribution in [1.29, 1.82) is 5.26 Å². The minimum absolute atomic E-state index is 0.240. The summed E-state index contributed by atoms with van der Waals surface area (Å²) < 4.78 is 1.98. The Balaban J connectivity index is 1.84. The summed E-state index contributed by atoms with van der Waals surface area (Å²) in [5.41, 5.74) is 3.29. The van der Waals surface area contributed by atoms with E-state index in [0.717, 1.165) is 22.1 Å². The molecule has 2 aromatic heterocycles. The van der Waals surface area contributed by atoms with Gasteiger partial charge in [0.25, 0.3) is 0 Å². The number of hydrogen-bond acceptors (Lipinski definition) is 5. The molecule has 0 saturated carbocycles. The highest BCUT2D eigenvalue weighted by atomic mass is 32.2. The van der Waals surface area contributed by atoms with Crippen molar-refractivity contribution in [3.63, 3.8) is 0 Å². The maximum Gasteiger partial charge on any atom is 0.193 e. The van der Waals surface area contributed by atoms with E-state index in [1.54, 1.807) is 18.5 Å². The third kappa shape index (κ3) is 4.19. The first-order chi connectivity index (χ1) is 12.7. The quantitative estimate of drug-likeness (QED) is 0.469. The third-order valence-corrected chi connectivity index (χ3v) is 4.97. The summed E-state index contributed by atoms with van der Waals surface area (Å²) in [5, 5.41) is 18.7. The molecule has 0 aliphatic carbocycles. The molecule has 0 radical (unpaired) electrons. The Labute approximate surface area is 157 Å². The van der Waals surface area contributed by atoms with Gasteiger partial charge in [-0.25, -0.2) is 0 Å².